The zero-order chi connectivity index (χ0) is 24.7. The lowest BCUT2D eigenvalue weighted by molar-refractivity contribution is -0.113. The summed E-state index contributed by atoms with van der Waals surface area (Å²) in [6.45, 7) is 1.95. The van der Waals surface area contributed by atoms with Crippen molar-refractivity contribution in [1.82, 2.24) is 5.32 Å². The van der Waals surface area contributed by atoms with E-state index in [9.17, 15) is 9.59 Å². The van der Waals surface area contributed by atoms with E-state index in [4.69, 9.17) is 14.2 Å². The van der Waals surface area contributed by atoms with Crippen molar-refractivity contribution in [2.75, 3.05) is 26.6 Å². The summed E-state index contributed by atoms with van der Waals surface area (Å²) in [4.78, 5) is 26.3. The first-order chi connectivity index (χ1) is 16.4. The maximum atomic E-state index is 13.2. The van der Waals surface area contributed by atoms with E-state index in [-0.39, 0.29) is 5.70 Å². The van der Waals surface area contributed by atoms with Gasteiger partial charge in [-0.25, -0.2) is 0 Å². The van der Waals surface area contributed by atoms with Crippen LogP contribution in [0.2, 0.25) is 0 Å². The van der Waals surface area contributed by atoms with Gasteiger partial charge in [0, 0.05) is 15.6 Å². The molecular formula is C26H25BrN2O5. The maximum Gasteiger partial charge on any atom is 0.272 e. The minimum Gasteiger partial charge on any atom is -0.496 e. The Bertz CT molecular complexity index is 1240. The second kappa shape index (κ2) is 11.4. The van der Waals surface area contributed by atoms with Crippen LogP contribution >= 0.6 is 15.9 Å². The van der Waals surface area contributed by atoms with E-state index in [0.717, 1.165) is 10.0 Å². The molecule has 0 spiro atoms. The van der Waals surface area contributed by atoms with Crippen molar-refractivity contribution in [1.29, 1.82) is 0 Å². The molecule has 0 atom stereocenters. The van der Waals surface area contributed by atoms with E-state index in [1.807, 2.05) is 31.2 Å². The SMILES string of the molecule is COc1ccccc1C=C(NC(=O)c1ccc(OC)c(OC)c1)C(=O)Nc1ccc(C)cc1Br. The smallest absolute Gasteiger partial charge is 0.272 e. The molecule has 0 radical (unpaired) electrons. The molecule has 0 aromatic heterocycles. The van der Waals surface area contributed by atoms with Crippen LogP contribution in [0, 0.1) is 6.92 Å². The number of aryl methyl sites for hydroxylation is 1. The molecule has 34 heavy (non-hydrogen) atoms. The zero-order valence-electron chi connectivity index (χ0n) is 19.3. The van der Waals surface area contributed by atoms with Crippen LogP contribution in [0.15, 0.2) is 70.8 Å². The Hall–Kier alpha value is -3.78. The van der Waals surface area contributed by atoms with Crippen LogP contribution in [0.3, 0.4) is 0 Å². The molecule has 0 aliphatic carbocycles. The molecule has 0 unspecified atom stereocenters. The van der Waals surface area contributed by atoms with Crippen LogP contribution in [-0.2, 0) is 4.79 Å². The predicted molar refractivity (Wildman–Crippen MR) is 135 cm³/mol. The molecule has 0 saturated heterocycles. The van der Waals surface area contributed by atoms with Gasteiger partial charge in [-0.1, -0.05) is 24.3 Å². The van der Waals surface area contributed by atoms with Gasteiger partial charge in [0.05, 0.1) is 27.0 Å². The van der Waals surface area contributed by atoms with Gasteiger partial charge < -0.3 is 24.8 Å². The first kappa shape index (κ1) is 24.9. The predicted octanol–water partition coefficient (Wildman–Crippen LogP) is 5.19. The van der Waals surface area contributed by atoms with Gasteiger partial charge in [0.15, 0.2) is 11.5 Å². The molecule has 176 valence electrons. The van der Waals surface area contributed by atoms with Gasteiger partial charge in [0.25, 0.3) is 11.8 Å². The van der Waals surface area contributed by atoms with Crippen LogP contribution < -0.4 is 24.8 Å². The summed E-state index contributed by atoms with van der Waals surface area (Å²) in [6.07, 6.45) is 1.56. The summed E-state index contributed by atoms with van der Waals surface area (Å²) in [6, 6.07) is 17.5. The summed E-state index contributed by atoms with van der Waals surface area (Å²) in [7, 11) is 4.54. The fraction of sp³-hybridized carbons (Fsp3) is 0.154. The summed E-state index contributed by atoms with van der Waals surface area (Å²) in [5.41, 5.74) is 2.58. The van der Waals surface area contributed by atoms with Crippen molar-refractivity contribution >= 4 is 39.5 Å². The van der Waals surface area contributed by atoms with Gasteiger partial charge in [-0.15, -0.1) is 0 Å². The summed E-state index contributed by atoms with van der Waals surface area (Å²) in [5.74, 6) is 0.471. The molecule has 8 heteroatoms. The average molecular weight is 525 g/mol. The number of nitrogens with one attached hydrogen (secondary N) is 2. The Morgan fingerprint density at radius 2 is 1.56 bits per heavy atom. The average Bonchev–Trinajstić information content (AvgIpc) is 2.84. The van der Waals surface area contributed by atoms with Crippen LogP contribution in [0.5, 0.6) is 17.2 Å². The van der Waals surface area contributed by atoms with Gasteiger partial charge >= 0.3 is 0 Å². The van der Waals surface area contributed by atoms with Crippen molar-refractivity contribution in [2.24, 2.45) is 0 Å². The lowest BCUT2D eigenvalue weighted by Crippen LogP contribution is -2.30. The molecule has 7 nitrogen and oxygen atoms in total. The molecule has 0 aliphatic heterocycles. The van der Waals surface area contributed by atoms with Crippen molar-refractivity contribution in [3.8, 4) is 17.2 Å². The maximum absolute atomic E-state index is 13.2. The lowest BCUT2D eigenvalue weighted by atomic mass is 10.1. The highest BCUT2D eigenvalue weighted by Gasteiger charge is 2.18. The fourth-order valence-electron chi connectivity index (χ4n) is 3.18. The largest absolute Gasteiger partial charge is 0.496 e. The molecule has 0 fully saturated rings. The van der Waals surface area contributed by atoms with Gasteiger partial charge in [-0.3, -0.25) is 9.59 Å². The van der Waals surface area contributed by atoms with Gasteiger partial charge in [-0.05, 0) is 70.9 Å². The van der Waals surface area contributed by atoms with Gasteiger partial charge in [-0.2, -0.15) is 0 Å². The third kappa shape index (κ3) is 5.96. The quantitative estimate of drug-likeness (QED) is 0.396. The molecular weight excluding hydrogens is 500 g/mol. The van der Waals surface area contributed by atoms with Crippen molar-refractivity contribution in [2.45, 2.75) is 6.92 Å². The van der Waals surface area contributed by atoms with E-state index in [2.05, 4.69) is 26.6 Å². The number of rotatable bonds is 8. The second-order valence-corrected chi connectivity index (χ2v) is 8.12. The summed E-state index contributed by atoms with van der Waals surface area (Å²) in [5, 5.41) is 5.55. The molecule has 3 aromatic rings. The number of para-hydroxylation sites is 1. The fourth-order valence-corrected chi connectivity index (χ4v) is 3.78. The molecule has 0 saturated carbocycles. The normalized spacial score (nSPS) is 10.9. The van der Waals surface area contributed by atoms with E-state index in [1.54, 1.807) is 42.5 Å². The second-order valence-electron chi connectivity index (χ2n) is 7.26. The number of ether oxygens (including phenoxy) is 3. The topological polar surface area (TPSA) is 85.9 Å². The first-order valence-corrected chi connectivity index (χ1v) is 11.1. The number of methoxy groups -OCH3 is 3. The molecule has 3 aromatic carbocycles. The Kier molecular flexibility index (Phi) is 8.32. The molecule has 0 aliphatic rings. The number of hydrogen-bond acceptors (Lipinski definition) is 5. The standard InChI is InChI=1S/C26H25BrN2O5/c1-16-9-11-20(19(27)13-16)28-26(31)21(14-17-7-5-6-8-22(17)32-2)29-25(30)18-10-12-23(33-3)24(15-18)34-4/h5-15H,1-4H3,(H,28,31)(H,29,30). The van der Waals surface area contributed by atoms with E-state index >= 15 is 0 Å². The number of anilines is 1. The van der Waals surface area contributed by atoms with E-state index in [0.29, 0.717) is 34.1 Å². The van der Waals surface area contributed by atoms with Gasteiger partial charge in [0.1, 0.15) is 11.4 Å². The minimum absolute atomic E-state index is 0.0387. The lowest BCUT2D eigenvalue weighted by Gasteiger charge is -2.14. The van der Waals surface area contributed by atoms with Gasteiger partial charge in [0.2, 0.25) is 0 Å². The Morgan fingerprint density at radius 1 is 0.853 bits per heavy atom. The monoisotopic (exact) mass is 524 g/mol. The highest BCUT2D eigenvalue weighted by Crippen LogP contribution is 2.28. The minimum atomic E-state index is -0.496. The number of carbonyl (C=O) groups is 2. The van der Waals surface area contributed by atoms with Crippen LogP contribution in [0.1, 0.15) is 21.5 Å². The molecule has 0 bridgehead atoms. The van der Waals surface area contributed by atoms with E-state index in [1.165, 1.54) is 21.3 Å². The van der Waals surface area contributed by atoms with Crippen LogP contribution in [0.25, 0.3) is 6.08 Å². The summed E-state index contributed by atoms with van der Waals surface area (Å²) >= 11 is 3.46. The van der Waals surface area contributed by atoms with Crippen molar-refractivity contribution in [3.63, 3.8) is 0 Å². The molecule has 3 rings (SSSR count). The Labute approximate surface area is 206 Å². The molecule has 0 heterocycles. The van der Waals surface area contributed by atoms with Crippen molar-refractivity contribution in [3.05, 3.63) is 87.5 Å². The van der Waals surface area contributed by atoms with E-state index < -0.39 is 11.8 Å². The number of carbonyl (C=O) groups excluding carboxylic acids is 2. The number of amides is 2. The number of halogens is 1. The molecule has 2 N–H and O–H groups in total. The Balaban J connectivity index is 1.97. The number of benzene rings is 3. The zero-order valence-corrected chi connectivity index (χ0v) is 20.9. The Morgan fingerprint density at radius 3 is 2.24 bits per heavy atom. The van der Waals surface area contributed by atoms with Crippen molar-refractivity contribution < 1.29 is 23.8 Å². The third-order valence-electron chi connectivity index (χ3n) is 4.95. The van der Waals surface area contributed by atoms with Crippen LogP contribution in [-0.4, -0.2) is 33.1 Å². The van der Waals surface area contributed by atoms with Crippen LogP contribution in [0.4, 0.5) is 5.69 Å². The summed E-state index contributed by atoms with van der Waals surface area (Å²) < 4.78 is 16.6. The third-order valence-corrected chi connectivity index (χ3v) is 5.61. The highest BCUT2D eigenvalue weighted by molar-refractivity contribution is 9.10. The molecule has 2 amide bonds. The highest BCUT2D eigenvalue weighted by atomic mass is 79.9. The number of hydrogen-bond donors (Lipinski definition) is 2. The first-order valence-electron chi connectivity index (χ1n) is 10.3.